The SMILES string of the molecule is Cl.Cl.NC(CS)CN1CCN(C(=O)c2cccc3ccccc23)CC1CCOC1CC1. The molecule has 5 nitrogen and oxygen atoms in total. The van der Waals surface area contributed by atoms with Crippen LogP contribution in [-0.2, 0) is 4.74 Å². The molecule has 1 amide bonds. The lowest BCUT2D eigenvalue weighted by Gasteiger charge is -2.42. The molecule has 172 valence electrons. The van der Waals surface area contributed by atoms with Crippen molar-refractivity contribution in [2.24, 2.45) is 5.73 Å². The largest absolute Gasteiger partial charge is 0.378 e. The summed E-state index contributed by atoms with van der Waals surface area (Å²) in [5.74, 6) is 0.786. The fraction of sp³-hybridized carbons (Fsp3) is 0.522. The van der Waals surface area contributed by atoms with Crippen molar-refractivity contribution in [3.05, 3.63) is 48.0 Å². The summed E-state index contributed by atoms with van der Waals surface area (Å²) in [4.78, 5) is 17.8. The van der Waals surface area contributed by atoms with Crippen LogP contribution in [0.2, 0.25) is 0 Å². The third-order valence-corrected chi connectivity index (χ3v) is 6.41. The highest BCUT2D eigenvalue weighted by Crippen LogP contribution is 2.25. The first-order valence-electron chi connectivity index (χ1n) is 10.6. The van der Waals surface area contributed by atoms with Gasteiger partial charge in [-0.15, -0.1) is 24.8 Å². The number of benzene rings is 2. The topological polar surface area (TPSA) is 58.8 Å². The normalized spacial score (nSPS) is 20.1. The van der Waals surface area contributed by atoms with Crippen molar-refractivity contribution in [3.63, 3.8) is 0 Å². The van der Waals surface area contributed by atoms with Crippen molar-refractivity contribution >= 4 is 54.1 Å². The van der Waals surface area contributed by atoms with E-state index in [0.717, 1.165) is 55.5 Å². The van der Waals surface area contributed by atoms with E-state index < -0.39 is 0 Å². The molecule has 0 aromatic heterocycles. The number of hydrogen-bond donors (Lipinski definition) is 2. The predicted molar refractivity (Wildman–Crippen MR) is 135 cm³/mol. The number of rotatable bonds is 8. The molecule has 2 N–H and O–H groups in total. The van der Waals surface area contributed by atoms with Crippen molar-refractivity contribution in [2.45, 2.75) is 37.5 Å². The number of ether oxygens (including phenoxy) is 1. The van der Waals surface area contributed by atoms with Crippen LogP contribution in [0.3, 0.4) is 0 Å². The molecule has 0 spiro atoms. The standard InChI is InChI=1S/C23H31N3O2S.2ClH/c24-18(16-29)14-25-11-12-26(15-19(25)10-13-28-20-8-9-20)23(27)22-7-3-5-17-4-1-2-6-21(17)22;;/h1-7,18-20,29H,8-16,24H2;2*1H. The summed E-state index contributed by atoms with van der Waals surface area (Å²) in [6, 6.07) is 14.4. The first-order valence-corrected chi connectivity index (χ1v) is 11.3. The highest BCUT2D eigenvalue weighted by molar-refractivity contribution is 7.80. The van der Waals surface area contributed by atoms with E-state index in [-0.39, 0.29) is 42.8 Å². The second-order valence-corrected chi connectivity index (χ2v) is 8.59. The number of nitrogens with two attached hydrogens (primary N) is 1. The number of halogens is 2. The number of carbonyl (C=O) groups is 1. The number of amides is 1. The maximum absolute atomic E-state index is 13.4. The molecule has 1 saturated heterocycles. The van der Waals surface area contributed by atoms with Gasteiger partial charge >= 0.3 is 0 Å². The Balaban J connectivity index is 0.00000171. The van der Waals surface area contributed by atoms with E-state index in [0.29, 0.717) is 11.9 Å². The van der Waals surface area contributed by atoms with Crippen LogP contribution in [-0.4, -0.2) is 72.4 Å². The Labute approximate surface area is 202 Å². The van der Waals surface area contributed by atoms with Gasteiger partial charge in [-0.05, 0) is 36.1 Å². The number of fused-ring (bicyclic) bond motifs is 1. The van der Waals surface area contributed by atoms with Gasteiger partial charge in [0.25, 0.3) is 5.91 Å². The number of nitrogens with zero attached hydrogens (tertiary/aromatic N) is 2. The first-order chi connectivity index (χ1) is 14.2. The predicted octanol–water partition coefficient (Wildman–Crippen LogP) is 3.64. The van der Waals surface area contributed by atoms with Crippen LogP contribution in [0, 0.1) is 0 Å². The molecule has 2 aromatic rings. The summed E-state index contributed by atoms with van der Waals surface area (Å²) in [5.41, 5.74) is 6.96. The molecular weight excluding hydrogens is 453 g/mol. The van der Waals surface area contributed by atoms with Crippen molar-refractivity contribution in [2.75, 3.05) is 38.5 Å². The number of thiol groups is 1. The van der Waals surface area contributed by atoms with Gasteiger partial charge in [0, 0.05) is 56.2 Å². The van der Waals surface area contributed by atoms with E-state index in [1.807, 2.05) is 35.2 Å². The molecule has 8 heteroatoms. The molecule has 1 aliphatic carbocycles. The molecule has 2 aliphatic rings. The molecule has 2 fully saturated rings. The lowest BCUT2D eigenvalue weighted by molar-refractivity contribution is 0.0316. The molecule has 0 bridgehead atoms. The fourth-order valence-corrected chi connectivity index (χ4v) is 4.25. The minimum atomic E-state index is 0. The Morgan fingerprint density at radius 1 is 1.13 bits per heavy atom. The van der Waals surface area contributed by atoms with E-state index in [1.54, 1.807) is 0 Å². The molecule has 1 heterocycles. The van der Waals surface area contributed by atoms with Gasteiger partial charge in [-0.1, -0.05) is 36.4 Å². The Morgan fingerprint density at radius 3 is 2.61 bits per heavy atom. The molecule has 2 aromatic carbocycles. The quantitative estimate of drug-likeness (QED) is 0.560. The van der Waals surface area contributed by atoms with E-state index >= 15 is 0 Å². The van der Waals surface area contributed by atoms with Crippen LogP contribution in [0.1, 0.15) is 29.6 Å². The lowest BCUT2D eigenvalue weighted by atomic mass is 10.0. The molecule has 2 atom stereocenters. The maximum atomic E-state index is 13.4. The lowest BCUT2D eigenvalue weighted by Crippen LogP contribution is -2.57. The zero-order valence-corrected chi connectivity index (χ0v) is 20.2. The summed E-state index contributed by atoms with van der Waals surface area (Å²) >= 11 is 4.34. The third-order valence-electron chi connectivity index (χ3n) is 5.94. The average molecular weight is 487 g/mol. The van der Waals surface area contributed by atoms with Crippen LogP contribution < -0.4 is 5.73 Å². The second-order valence-electron chi connectivity index (χ2n) is 8.23. The van der Waals surface area contributed by atoms with Crippen molar-refractivity contribution in [1.29, 1.82) is 0 Å². The smallest absolute Gasteiger partial charge is 0.254 e. The summed E-state index contributed by atoms with van der Waals surface area (Å²) in [6.45, 7) is 3.84. The number of piperazine rings is 1. The highest BCUT2D eigenvalue weighted by atomic mass is 35.5. The molecule has 0 radical (unpaired) electrons. The number of carbonyl (C=O) groups excluding carboxylic acids is 1. The Bertz CT molecular complexity index is 847. The number of hydrogen-bond acceptors (Lipinski definition) is 5. The van der Waals surface area contributed by atoms with Crippen molar-refractivity contribution < 1.29 is 9.53 Å². The van der Waals surface area contributed by atoms with Gasteiger partial charge in [0.05, 0.1) is 6.10 Å². The second kappa shape index (κ2) is 12.3. The van der Waals surface area contributed by atoms with Crippen molar-refractivity contribution in [1.82, 2.24) is 9.80 Å². The zero-order valence-electron chi connectivity index (χ0n) is 17.7. The maximum Gasteiger partial charge on any atom is 0.254 e. The summed E-state index contributed by atoms with van der Waals surface area (Å²) in [5, 5.41) is 2.12. The van der Waals surface area contributed by atoms with Crippen LogP contribution in [0.15, 0.2) is 42.5 Å². The van der Waals surface area contributed by atoms with Gasteiger partial charge in [-0.3, -0.25) is 9.69 Å². The molecule has 2 unspecified atom stereocenters. The van der Waals surface area contributed by atoms with Crippen LogP contribution in [0.25, 0.3) is 10.8 Å². The third kappa shape index (κ3) is 6.73. The Morgan fingerprint density at radius 2 is 1.87 bits per heavy atom. The van der Waals surface area contributed by atoms with Crippen molar-refractivity contribution in [3.8, 4) is 0 Å². The molecular formula is C23H33Cl2N3O2S. The van der Waals surface area contributed by atoms with E-state index in [1.165, 1.54) is 12.8 Å². The average Bonchev–Trinajstić information content (AvgIpc) is 3.58. The van der Waals surface area contributed by atoms with Gasteiger partial charge < -0.3 is 15.4 Å². The summed E-state index contributed by atoms with van der Waals surface area (Å²) < 4.78 is 5.90. The van der Waals surface area contributed by atoms with Gasteiger partial charge in [0.15, 0.2) is 0 Å². The molecule has 1 saturated carbocycles. The Kier molecular flexibility index (Phi) is 10.4. The van der Waals surface area contributed by atoms with E-state index in [9.17, 15) is 4.79 Å². The fourth-order valence-electron chi connectivity index (χ4n) is 4.14. The van der Waals surface area contributed by atoms with Gasteiger partial charge in [-0.2, -0.15) is 12.6 Å². The van der Waals surface area contributed by atoms with Crippen LogP contribution >= 0.6 is 37.4 Å². The van der Waals surface area contributed by atoms with Crippen LogP contribution in [0.4, 0.5) is 0 Å². The first kappa shape index (κ1) is 26.2. The Hall–Kier alpha value is -1.02. The van der Waals surface area contributed by atoms with Gasteiger partial charge in [-0.25, -0.2) is 0 Å². The summed E-state index contributed by atoms with van der Waals surface area (Å²) in [7, 11) is 0. The van der Waals surface area contributed by atoms with E-state index in [4.69, 9.17) is 10.5 Å². The van der Waals surface area contributed by atoms with E-state index in [2.05, 4.69) is 29.7 Å². The minimum Gasteiger partial charge on any atom is -0.378 e. The van der Waals surface area contributed by atoms with Gasteiger partial charge in [0.1, 0.15) is 0 Å². The summed E-state index contributed by atoms with van der Waals surface area (Å²) in [6.07, 6.45) is 3.75. The van der Waals surface area contributed by atoms with Gasteiger partial charge in [0.2, 0.25) is 0 Å². The monoisotopic (exact) mass is 485 g/mol. The molecule has 4 rings (SSSR count). The minimum absolute atomic E-state index is 0. The molecule has 1 aliphatic heterocycles. The highest BCUT2D eigenvalue weighted by Gasteiger charge is 2.31. The zero-order chi connectivity index (χ0) is 20.2. The molecule has 31 heavy (non-hydrogen) atoms. The van der Waals surface area contributed by atoms with Crippen LogP contribution in [0.5, 0.6) is 0 Å².